The van der Waals surface area contributed by atoms with Gasteiger partial charge in [0, 0.05) is 36.1 Å². The largest absolute Gasteiger partial charge is 0.421 e. The summed E-state index contributed by atoms with van der Waals surface area (Å²) in [6, 6.07) is 7.10. The fourth-order valence-corrected chi connectivity index (χ4v) is 2.24. The molecule has 0 aliphatic heterocycles. The molecule has 1 heterocycles. The highest BCUT2D eigenvalue weighted by Gasteiger charge is 2.13. The molecule has 1 atom stereocenters. The van der Waals surface area contributed by atoms with Gasteiger partial charge in [-0.1, -0.05) is 18.5 Å². The van der Waals surface area contributed by atoms with Crippen molar-refractivity contribution in [1.82, 2.24) is 15.5 Å². The van der Waals surface area contributed by atoms with Gasteiger partial charge in [0.05, 0.1) is 0 Å². The predicted octanol–water partition coefficient (Wildman–Crippen LogP) is 2.60. The van der Waals surface area contributed by atoms with Crippen LogP contribution in [0.5, 0.6) is 0 Å². The number of hydrogen-bond donors (Lipinski definition) is 2. The summed E-state index contributed by atoms with van der Waals surface area (Å²) in [4.78, 5) is 11.9. The number of benzene rings is 1. The maximum absolute atomic E-state index is 11.9. The van der Waals surface area contributed by atoms with Crippen LogP contribution in [0.2, 0.25) is 5.02 Å². The van der Waals surface area contributed by atoms with Crippen molar-refractivity contribution in [2.24, 2.45) is 0 Å². The molecule has 0 saturated heterocycles. The van der Waals surface area contributed by atoms with Crippen molar-refractivity contribution >= 4 is 17.5 Å². The molecule has 2 aromatic rings. The van der Waals surface area contributed by atoms with E-state index in [4.69, 9.17) is 21.1 Å². The van der Waals surface area contributed by atoms with Gasteiger partial charge >= 0.3 is 0 Å². The summed E-state index contributed by atoms with van der Waals surface area (Å²) in [6.07, 6.45) is 1.99. The first-order valence-corrected chi connectivity index (χ1v) is 7.98. The summed E-state index contributed by atoms with van der Waals surface area (Å²) in [5.74, 6) is 0.737. The van der Waals surface area contributed by atoms with Crippen LogP contribution in [0.4, 0.5) is 0 Å². The van der Waals surface area contributed by atoms with E-state index in [9.17, 15) is 4.79 Å². The van der Waals surface area contributed by atoms with E-state index in [0.29, 0.717) is 29.6 Å². The van der Waals surface area contributed by atoms with Crippen LogP contribution in [0.3, 0.4) is 0 Å². The monoisotopic (exact) mass is 337 g/mol. The van der Waals surface area contributed by atoms with E-state index in [2.05, 4.69) is 15.5 Å². The Balaban J connectivity index is 1.87. The fraction of sp³-hybridized carbons (Fsp3) is 0.438. The maximum Gasteiger partial charge on any atom is 0.247 e. The summed E-state index contributed by atoms with van der Waals surface area (Å²) in [7, 11) is 0. The van der Waals surface area contributed by atoms with Gasteiger partial charge in [0.2, 0.25) is 17.7 Å². The first-order valence-electron chi connectivity index (χ1n) is 7.61. The number of aromatic nitrogens is 2. The minimum absolute atomic E-state index is 0.000173. The zero-order valence-electron chi connectivity index (χ0n) is 13.0. The SMILES string of the molecule is CCC(CCO)NC(=O)CCc1nnc(-c2ccc(Cl)cc2)o1. The second-order valence-electron chi connectivity index (χ2n) is 5.19. The van der Waals surface area contributed by atoms with Crippen LogP contribution < -0.4 is 5.32 Å². The molecule has 23 heavy (non-hydrogen) atoms. The molecule has 124 valence electrons. The maximum atomic E-state index is 11.9. The summed E-state index contributed by atoms with van der Waals surface area (Å²) in [6.45, 7) is 2.03. The summed E-state index contributed by atoms with van der Waals surface area (Å²) in [5, 5.41) is 20.4. The third-order valence-electron chi connectivity index (χ3n) is 3.46. The lowest BCUT2D eigenvalue weighted by Gasteiger charge is -2.15. The lowest BCUT2D eigenvalue weighted by atomic mass is 10.1. The first-order chi connectivity index (χ1) is 11.1. The fourth-order valence-electron chi connectivity index (χ4n) is 2.12. The van der Waals surface area contributed by atoms with E-state index in [1.54, 1.807) is 24.3 Å². The Hall–Kier alpha value is -1.92. The number of nitrogens with one attached hydrogen (secondary N) is 1. The Morgan fingerprint density at radius 3 is 2.74 bits per heavy atom. The Kier molecular flexibility index (Phi) is 6.55. The average molecular weight is 338 g/mol. The number of aliphatic hydroxyl groups is 1. The molecule has 1 aromatic carbocycles. The highest BCUT2D eigenvalue weighted by molar-refractivity contribution is 6.30. The van der Waals surface area contributed by atoms with Gasteiger partial charge in [-0.2, -0.15) is 0 Å². The van der Waals surface area contributed by atoms with Crippen molar-refractivity contribution in [2.45, 2.75) is 38.6 Å². The highest BCUT2D eigenvalue weighted by atomic mass is 35.5. The van der Waals surface area contributed by atoms with Crippen molar-refractivity contribution in [2.75, 3.05) is 6.61 Å². The van der Waals surface area contributed by atoms with E-state index < -0.39 is 0 Å². The molecule has 0 spiro atoms. The Bertz CT molecular complexity index is 628. The standard InChI is InChI=1S/C16H20ClN3O3/c1-2-13(9-10-21)18-14(22)7-8-15-19-20-16(23-15)11-3-5-12(17)6-4-11/h3-6,13,21H,2,7-10H2,1H3,(H,18,22). The van der Waals surface area contributed by atoms with Crippen molar-refractivity contribution in [3.8, 4) is 11.5 Å². The van der Waals surface area contributed by atoms with Crippen molar-refractivity contribution in [3.05, 3.63) is 35.2 Å². The number of halogens is 1. The topological polar surface area (TPSA) is 88.2 Å². The van der Waals surface area contributed by atoms with Crippen LogP contribution in [-0.4, -0.2) is 33.9 Å². The zero-order valence-corrected chi connectivity index (χ0v) is 13.7. The zero-order chi connectivity index (χ0) is 16.7. The number of nitrogens with zero attached hydrogens (tertiary/aromatic N) is 2. The van der Waals surface area contributed by atoms with Gasteiger partial charge in [-0.3, -0.25) is 4.79 Å². The predicted molar refractivity (Wildman–Crippen MR) is 87.0 cm³/mol. The van der Waals surface area contributed by atoms with E-state index in [-0.39, 0.29) is 25.0 Å². The molecule has 2 rings (SSSR count). The molecule has 0 bridgehead atoms. The highest BCUT2D eigenvalue weighted by Crippen LogP contribution is 2.20. The van der Waals surface area contributed by atoms with Crippen LogP contribution in [-0.2, 0) is 11.2 Å². The first kappa shape index (κ1) is 17.4. The molecule has 0 aliphatic carbocycles. The van der Waals surface area contributed by atoms with Crippen molar-refractivity contribution in [1.29, 1.82) is 0 Å². The number of amides is 1. The summed E-state index contributed by atoms with van der Waals surface area (Å²) in [5.41, 5.74) is 0.784. The molecule has 0 saturated carbocycles. The number of rotatable bonds is 8. The second-order valence-corrected chi connectivity index (χ2v) is 5.63. The summed E-state index contributed by atoms with van der Waals surface area (Å²) >= 11 is 5.84. The van der Waals surface area contributed by atoms with Crippen molar-refractivity contribution in [3.63, 3.8) is 0 Å². The molecule has 7 heteroatoms. The molecular formula is C16H20ClN3O3. The lowest BCUT2D eigenvalue weighted by Crippen LogP contribution is -2.35. The molecule has 6 nitrogen and oxygen atoms in total. The third-order valence-corrected chi connectivity index (χ3v) is 3.71. The van der Waals surface area contributed by atoms with Crippen LogP contribution in [0.25, 0.3) is 11.5 Å². The number of hydrogen-bond acceptors (Lipinski definition) is 5. The molecule has 1 amide bonds. The number of carbonyl (C=O) groups excluding carboxylic acids is 1. The van der Waals surface area contributed by atoms with Crippen LogP contribution in [0.15, 0.2) is 28.7 Å². The van der Waals surface area contributed by atoms with Crippen LogP contribution in [0.1, 0.15) is 32.1 Å². The van der Waals surface area contributed by atoms with Crippen LogP contribution >= 0.6 is 11.6 Å². The van der Waals surface area contributed by atoms with E-state index in [1.807, 2.05) is 6.92 Å². The second kappa shape index (κ2) is 8.64. The van der Waals surface area contributed by atoms with Gasteiger partial charge in [0.15, 0.2) is 0 Å². The van der Waals surface area contributed by atoms with Gasteiger partial charge in [0.25, 0.3) is 0 Å². The molecule has 1 aromatic heterocycles. The van der Waals surface area contributed by atoms with E-state index in [0.717, 1.165) is 12.0 Å². The minimum atomic E-state index is -0.0865. The average Bonchev–Trinajstić information content (AvgIpc) is 3.02. The Labute approximate surface area is 139 Å². The summed E-state index contributed by atoms with van der Waals surface area (Å²) < 4.78 is 5.55. The Morgan fingerprint density at radius 2 is 2.09 bits per heavy atom. The molecule has 0 fully saturated rings. The van der Waals surface area contributed by atoms with Gasteiger partial charge < -0.3 is 14.8 Å². The van der Waals surface area contributed by atoms with Gasteiger partial charge in [0.1, 0.15) is 0 Å². The minimum Gasteiger partial charge on any atom is -0.421 e. The van der Waals surface area contributed by atoms with Gasteiger partial charge in [-0.05, 0) is 37.1 Å². The van der Waals surface area contributed by atoms with Gasteiger partial charge in [-0.25, -0.2) is 0 Å². The molecule has 0 radical (unpaired) electrons. The third kappa shape index (κ3) is 5.33. The number of aliphatic hydroxyl groups excluding tert-OH is 1. The van der Waals surface area contributed by atoms with Crippen LogP contribution in [0, 0.1) is 0 Å². The molecular weight excluding hydrogens is 318 g/mol. The van der Waals surface area contributed by atoms with E-state index in [1.165, 1.54) is 0 Å². The quantitative estimate of drug-likeness (QED) is 0.773. The van der Waals surface area contributed by atoms with E-state index >= 15 is 0 Å². The van der Waals surface area contributed by atoms with Crippen molar-refractivity contribution < 1.29 is 14.3 Å². The number of aryl methyl sites for hydroxylation is 1. The molecule has 1 unspecified atom stereocenters. The normalized spacial score (nSPS) is 12.1. The van der Waals surface area contributed by atoms with Gasteiger partial charge in [-0.15, -0.1) is 10.2 Å². The smallest absolute Gasteiger partial charge is 0.247 e. The number of carbonyl (C=O) groups is 1. The Morgan fingerprint density at radius 1 is 1.35 bits per heavy atom. The molecule has 2 N–H and O–H groups in total. The lowest BCUT2D eigenvalue weighted by molar-refractivity contribution is -0.121. The molecule has 0 aliphatic rings.